The Hall–Kier alpha value is -1.86. The molecule has 0 spiro atoms. The minimum absolute atomic E-state index is 0.250. The maximum Gasteiger partial charge on any atom is 0.0402 e. The molecular weight excluding hydrogens is 364 g/mol. The van der Waals surface area contributed by atoms with Gasteiger partial charge >= 0.3 is 0 Å². The molecule has 30 heavy (non-hydrogen) atoms. The van der Waals surface area contributed by atoms with Crippen molar-refractivity contribution < 1.29 is 5.11 Å². The maximum atomic E-state index is 7.57. The van der Waals surface area contributed by atoms with E-state index in [0.29, 0.717) is 5.92 Å². The van der Waals surface area contributed by atoms with Crippen LogP contribution in [-0.2, 0) is 0 Å². The van der Waals surface area contributed by atoms with Gasteiger partial charge in [0.25, 0.3) is 0 Å². The smallest absolute Gasteiger partial charge is 0.0402 e. The molecule has 168 valence electrons. The topological polar surface area (TPSA) is 20.2 Å². The summed E-state index contributed by atoms with van der Waals surface area (Å²) in [6.45, 7) is 12.8. The third kappa shape index (κ3) is 14.2. The summed E-state index contributed by atoms with van der Waals surface area (Å²) in [4.78, 5) is 0. The summed E-state index contributed by atoms with van der Waals surface area (Å²) >= 11 is 0. The van der Waals surface area contributed by atoms with E-state index in [2.05, 4.69) is 88.0 Å². The van der Waals surface area contributed by atoms with E-state index in [1.165, 1.54) is 55.2 Å². The van der Waals surface area contributed by atoms with Crippen LogP contribution in [0, 0.1) is 0 Å². The molecule has 0 fully saturated rings. The van der Waals surface area contributed by atoms with Gasteiger partial charge in [-0.3, -0.25) is 0 Å². The van der Waals surface area contributed by atoms with Gasteiger partial charge in [0.05, 0.1) is 0 Å². The second-order valence-corrected chi connectivity index (χ2v) is 7.79. The zero-order valence-corrected chi connectivity index (χ0v) is 20.1. The lowest BCUT2D eigenvalue weighted by molar-refractivity contribution is 0.318. The Bertz CT molecular complexity index is 559. The highest BCUT2D eigenvalue weighted by molar-refractivity contribution is 5.32. The molecule has 0 bridgehead atoms. The third-order valence-corrected chi connectivity index (χ3v) is 5.00. The molecule has 0 aliphatic carbocycles. The fraction of sp³-hybridized carbons (Fsp3) is 0.517. The average Bonchev–Trinajstić information content (AvgIpc) is 2.77. The summed E-state index contributed by atoms with van der Waals surface area (Å²) < 4.78 is 0. The molecule has 0 saturated carbocycles. The molecule has 0 aliphatic heterocycles. The Morgan fingerprint density at radius 2 is 1.13 bits per heavy atom. The van der Waals surface area contributed by atoms with Gasteiger partial charge in [-0.2, -0.15) is 0 Å². The summed E-state index contributed by atoms with van der Waals surface area (Å²) in [5.41, 5.74) is 4.19. The molecule has 0 atom stereocenters. The first-order valence-electron chi connectivity index (χ1n) is 12.0. The van der Waals surface area contributed by atoms with Gasteiger partial charge in [0.1, 0.15) is 0 Å². The highest BCUT2D eigenvalue weighted by Gasteiger charge is 2.13. The molecule has 0 amide bonds. The number of unbranched alkanes of at least 4 members (excludes halogenated alkanes) is 4. The van der Waals surface area contributed by atoms with Crippen molar-refractivity contribution in [3.8, 4) is 0 Å². The summed E-state index contributed by atoms with van der Waals surface area (Å²) in [6.07, 6.45) is 11.6. The van der Waals surface area contributed by atoms with E-state index in [9.17, 15) is 0 Å². The van der Waals surface area contributed by atoms with Gasteiger partial charge in [0.2, 0.25) is 0 Å². The SMILES string of the molecule is C=C(CCC)CCC(c1ccccc1)c1ccccc1.CCCCCCC.CCO. The van der Waals surface area contributed by atoms with Gasteiger partial charge < -0.3 is 5.11 Å². The van der Waals surface area contributed by atoms with Crippen molar-refractivity contribution in [1.82, 2.24) is 0 Å². The molecule has 0 aromatic heterocycles. The van der Waals surface area contributed by atoms with E-state index in [0.717, 1.165) is 19.3 Å². The number of benzene rings is 2. The molecule has 1 nitrogen and oxygen atoms in total. The molecule has 1 N–H and O–H groups in total. The Labute approximate surface area is 187 Å². The summed E-state index contributed by atoms with van der Waals surface area (Å²) in [5, 5.41) is 7.57. The van der Waals surface area contributed by atoms with Crippen molar-refractivity contribution in [3.63, 3.8) is 0 Å². The second-order valence-electron chi connectivity index (χ2n) is 7.79. The fourth-order valence-electron chi connectivity index (χ4n) is 3.40. The normalized spacial score (nSPS) is 9.93. The van der Waals surface area contributed by atoms with Gasteiger partial charge in [-0.1, -0.05) is 132 Å². The van der Waals surface area contributed by atoms with E-state index in [1.807, 2.05) is 0 Å². The first kappa shape index (κ1) is 28.1. The number of hydrogen-bond acceptors (Lipinski definition) is 1. The number of aliphatic hydroxyl groups is 1. The minimum atomic E-state index is 0.250. The van der Waals surface area contributed by atoms with Crippen molar-refractivity contribution in [2.75, 3.05) is 6.61 Å². The van der Waals surface area contributed by atoms with Crippen LogP contribution in [0.5, 0.6) is 0 Å². The first-order chi connectivity index (χ1) is 14.6. The maximum absolute atomic E-state index is 7.57. The fourth-order valence-corrected chi connectivity index (χ4v) is 3.40. The zero-order chi connectivity index (χ0) is 22.5. The first-order valence-corrected chi connectivity index (χ1v) is 12.0. The van der Waals surface area contributed by atoms with Gasteiger partial charge in [-0.05, 0) is 37.3 Å². The van der Waals surface area contributed by atoms with Gasteiger partial charge in [-0.15, -0.1) is 0 Å². The molecule has 1 heteroatoms. The Morgan fingerprint density at radius 3 is 1.50 bits per heavy atom. The highest BCUT2D eigenvalue weighted by Crippen LogP contribution is 2.30. The Balaban J connectivity index is 0.000000706. The number of aliphatic hydroxyl groups excluding tert-OH is 1. The van der Waals surface area contributed by atoms with Crippen molar-refractivity contribution in [2.24, 2.45) is 0 Å². The minimum Gasteiger partial charge on any atom is -0.397 e. The number of hydrogen-bond donors (Lipinski definition) is 1. The van der Waals surface area contributed by atoms with Gasteiger partial charge in [0.15, 0.2) is 0 Å². The van der Waals surface area contributed by atoms with E-state index in [1.54, 1.807) is 6.92 Å². The molecule has 0 saturated heterocycles. The largest absolute Gasteiger partial charge is 0.397 e. The molecule has 0 aliphatic rings. The lowest BCUT2D eigenvalue weighted by Gasteiger charge is -2.18. The van der Waals surface area contributed by atoms with Crippen LogP contribution in [0.3, 0.4) is 0 Å². The van der Waals surface area contributed by atoms with E-state index in [4.69, 9.17) is 5.11 Å². The molecule has 2 aromatic carbocycles. The van der Waals surface area contributed by atoms with Crippen LogP contribution < -0.4 is 0 Å². The van der Waals surface area contributed by atoms with Crippen molar-refractivity contribution in [1.29, 1.82) is 0 Å². The molecule has 0 heterocycles. The lowest BCUT2D eigenvalue weighted by Crippen LogP contribution is -2.01. The summed E-state index contributed by atoms with van der Waals surface area (Å²) in [5.74, 6) is 0.478. The van der Waals surface area contributed by atoms with Gasteiger partial charge in [0, 0.05) is 12.5 Å². The highest BCUT2D eigenvalue weighted by atomic mass is 16.2. The van der Waals surface area contributed by atoms with Crippen LogP contribution in [0.15, 0.2) is 72.8 Å². The van der Waals surface area contributed by atoms with Crippen LogP contribution in [0.2, 0.25) is 0 Å². The molecule has 2 rings (SSSR count). The average molecular weight is 411 g/mol. The van der Waals surface area contributed by atoms with Crippen LogP contribution in [-0.4, -0.2) is 11.7 Å². The molecular formula is C29H46O. The van der Waals surface area contributed by atoms with Crippen LogP contribution >= 0.6 is 0 Å². The van der Waals surface area contributed by atoms with E-state index in [-0.39, 0.29) is 6.61 Å². The summed E-state index contributed by atoms with van der Waals surface area (Å²) in [7, 11) is 0. The zero-order valence-electron chi connectivity index (χ0n) is 20.1. The monoisotopic (exact) mass is 410 g/mol. The van der Waals surface area contributed by atoms with Gasteiger partial charge in [-0.25, -0.2) is 0 Å². The second kappa shape index (κ2) is 20.4. The van der Waals surface area contributed by atoms with E-state index < -0.39 is 0 Å². The van der Waals surface area contributed by atoms with Crippen LogP contribution in [0.1, 0.15) is 103 Å². The molecule has 0 unspecified atom stereocenters. The van der Waals surface area contributed by atoms with Crippen molar-refractivity contribution in [2.45, 2.75) is 91.4 Å². The molecule has 2 aromatic rings. The number of rotatable bonds is 11. The summed E-state index contributed by atoms with van der Waals surface area (Å²) in [6, 6.07) is 21.6. The lowest BCUT2D eigenvalue weighted by atomic mass is 9.86. The van der Waals surface area contributed by atoms with Crippen LogP contribution in [0.4, 0.5) is 0 Å². The van der Waals surface area contributed by atoms with Crippen molar-refractivity contribution in [3.05, 3.63) is 83.9 Å². The molecule has 0 radical (unpaired) electrons. The van der Waals surface area contributed by atoms with Crippen molar-refractivity contribution >= 4 is 0 Å². The third-order valence-electron chi connectivity index (χ3n) is 5.00. The standard InChI is InChI=1S/C20H24.C7H16.C2H6O/c1-3-10-17(2)15-16-20(18-11-6-4-7-12-18)19-13-8-5-9-14-19;1-3-5-7-6-4-2;1-2-3/h4-9,11-14,20H,2-3,10,15-16H2,1H3;3-7H2,1-2H3;3H,2H2,1H3. The predicted octanol–water partition coefficient (Wildman–Crippen LogP) is 8.93. The quantitative estimate of drug-likeness (QED) is 0.289. The predicted molar refractivity (Wildman–Crippen MR) is 135 cm³/mol. The Morgan fingerprint density at radius 1 is 0.700 bits per heavy atom. The Kier molecular flexibility index (Phi) is 19.1. The van der Waals surface area contributed by atoms with E-state index >= 15 is 0 Å². The van der Waals surface area contributed by atoms with Crippen LogP contribution in [0.25, 0.3) is 0 Å². The number of allylic oxidation sites excluding steroid dienone is 1.